The maximum Gasteiger partial charge on any atom is 0.399 e. The van der Waals surface area contributed by atoms with Gasteiger partial charge in [0.2, 0.25) is 0 Å². The van der Waals surface area contributed by atoms with Gasteiger partial charge in [0.05, 0.1) is 14.2 Å². The third-order valence-electron chi connectivity index (χ3n) is 0.408. The molecule has 0 unspecified atom stereocenters. The van der Waals surface area contributed by atoms with E-state index in [1.165, 1.54) is 0 Å². The van der Waals surface area contributed by atoms with Gasteiger partial charge in [-0.05, 0) is 0 Å². The van der Waals surface area contributed by atoms with Crippen LogP contribution in [-0.2, 0) is 18.8 Å². The third kappa shape index (κ3) is 4.82. The fraction of sp³-hybridized carbons (Fsp3) is 1.00. The molecule has 48 valence electrons. The van der Waals surface area contributed by atoms with E-state index in [-0.39, 0.29) is 23.9 Å². The molecule has 8 heavy (non-hydrogen) atoms. The maximum atomic E-state index is 9.92. The van der Waals surface area contributed by atoms with Crippen LogP contribution >= 0.6 is 0 Å². The SMILES string of the molecule is COS(=O)(=O)OC.[Sn]. The molecule has 0 rings (SSSR count). The standard InChI is InChI=1S/C2H6O4S.Sn/c1-5-7(3,4)6-2;/h1-2H3;. The second-order valence-electron chi connectivity index (χ2n) is 0.742. The zero-order valence-electron chi connectivity index (χ0n) is 4.54. The van der Waals surface area contributed by atoms with Gasteiger partial charge in [-0.2, -0.15) is 8.42 Å². The Morgan fingerprint density at radius 3 is 1.38 bits per heavy atom. The predicted octanol–water partition coefficient (Wildman–Crippen LogP) is -0.857. The van der Waals surface area contributed by atoms with Crippen LogP contribution in [0.1, 0.15) is 0 Å². The van der Waals surface area contributed by atoms with E-state index in [4.69, 9.17) is 0 Å². The average molecular weight is 245 g/mol. The molecule has 0 atom stereocenters. The summed E-state index contributed by atoms with van der Waals surface area (Å²) in [6.07, 6.45) is 0. The van der Waals surface area contributed by atoms with Crippen molar-refractivity contribution in [2.24, 2.45) is 0 Å². The van der Waals surface area contributed by atoms with Crippen molar-refractivity contribution in [3.05, 3.63) is 0 Å². The van der Waals surface area contributed by atoms with E-state index >= 15 is 0 Å². The Labute approximate surface area is 65.5 Å². The monoisotopic (exact) mass is 246 g/mol. The average Bonchev–Trinajstić information content (AvgIpc) is 1.68. The number of hydrogen-bond acceptors (Lipinski definition) is 4. The van der Waals surface area contributed by atoms with Crippen LogP contribution in [0.25, 0.3) is 0 Å². The second-order valence-corrected chi connectivity index (χ2v) is 2.22. The Bertz CT molecular complexity index is 117. The minimum atomic E-state index is -3.66. The van der Waals surface area contributed by atoms with Crippen LogP contribution in [0.3, 0.4) is 0 Å². The van der Waals surface area contributed by atoms with Crippen molar-refractivity contribution in [3.63, 3.8) is 0 Å². The summed E-state index contributed by atoms with van der Waals surface area (Å²) in [5, 5.41) is 0. The van der Waals surface area contributed by atoms with E-state index in [2.05, 4.69) is 8.37 Å². The first-order valence-electron chi connectivity index (χ1n) is 1.48. The molecule has 0 aromatic rings. The molecule has 0 amide bonds. The van der Waals surface area contributed by atoms with Gasteiger partial charge in [0.25, 0.3) is 0 Å². The van der Waals surface area contributed by atoms with Crippen LogP contribution in [0.4, 0.5) is 0 Å². The molecule has 4 nitrogen and oxygen atoms in total. The second kappa shape index (κ2) is 4.54. The van der Waals surface area contributed by atoms with Gasteiger partial charge in [-0.3, -0.25) is 8.37 Å². The molecule has 0 fully saturated rings. The molecule has 0 saturated heterocycles. The Morgan fingerprint density at radius 2 is 1.38 bits per heavy atom. The molecule has 0 bridgehead atoms. The molecule has 0 saturated carbocycles. The fourth-order valence-corrected chi connectivity index (χ4v) is 0.204. The summed E-state index contributed by atoms with van der Waals surface area (Å²) in [6, 6.07) is 0. The maximum absolute atomic E-state index is 9.92. The topological polar surface area (TPSA) is 52.6 Å². The van der Waals surface area contributed by atoms with Crippen molar-refractivity contribution < 1.29 is 16.8 Å². The number of rotatable bonds is 2. The summed E-state index contributed by atoms with van der Waals surface area (Å²) in [5.41, 5.74) is 0. The van der Waals surface area contributed by atoms with E-state index in [0.29, 0.717) is 0 Å². The van der Waals surface area contributed by atoms with Crippen molar-refractivity contribution in [1.82, 2.24) is 0 Å². The molecule has 0 aliphatic heterocycles. The Balaban J connectivity index is 0. The van der Waals surface area contributed by atoms with Gasteiger partial charge >= 0.3 is 10.4 Å². The van der Waals surface area contributed by atoms with Crippen molar-refractivity contribution in [2.75, 3.05) is 14.2 Å². The molecule has 0 aliphatic carbocycles. The fourth-order valence-electron chi connectivity index (χ4n) is 0.0680. The third-order valence-corrected chi connectivity index (χ3v) is 1.22. The minimum Gasteiger partial charge on any atom is -0.252 e. The van der Waals surface area contributed by atoms with Crippen LogP contribution < -0.4 is 0 Å². The van der Waals surface area contributed by atoms with Gasteiger partial charge in [0.1, 0.15) is 0 Å². The molecule has 4 radical (unpaired) electrons. The normalized spacial score (nSPS) is 10.2. The zero-order valence-corrected chi connectivity index (χ0v) is 8.21. The van der Waals surface area contributed by atoms with Crippen LogP contribution in [0.2, 0.25) is 0 Å². The largest absolute Gasteiger partial charge is 0.399 e. The first kappa shape index (κ1) is 11.5. The van der Waals surface area contributed by atoms with Gasteiger partial charge < -0.3 is 0 Å². The van der Waals surface area contributed by atoms with E-state index < -0.39 is 10.4 Å². The summed E-state index contributed by atoms with van der Waals surface area (Å²) in [7, 11) is -1.60. The van der Waals surface area contributed by atoms with Crippen molar-refractivity contribution >= 4 is 34.3 Å². The molecular formula is C2H6O4SSn. The molecule has 6 heteroatoms. The van der Waals surface area contributed by atoms with Crippen LogP contribution in [-0.4, -0.2) is 46.5 Å². The summed E-state index contributed by atoms with van der Waals surface area (Å²) in [4.78, 5) is 0. The number of hydrogen-bond donors (Lipinski definition) is 0. The summed E-state index contributed by atoms with van der Waals surface area (Å²) < 4.78 is 27.5. The molecular weight excluding hydrogens is 239 g/mol. The van der Waals surface area contributed by atoms with E-state index in [1.807, 2.05) is 0 Å². The van der Waals surface area contributed by atoms with Crippen LogP contribution in [0.5, 0.6) is 0 Å². The van der Waals surface area contributed by atoms with Gasteiger partial charge in [0.15, 0.2) is 0 Å². The Morgan fingerprint density at radius 1 is 1.12 bits per heavy atom. The van der Waals surface area contributed by atoms with E-state index in [9.17, 15) is 8.42 Å². The molecule has 0 aromatic carbocycles. The minimum absolute atomic E-state index is 0. The Hall–Kier alpha value is 0.669. The van der Waals surface area contributed by atoms with Gasteiger partial charge in [-0.1, -0.05) is 0 Å². The summed E-state index contributed by atoms with van der Waals surface area (Å²) >= 11 is 0. The first-order chi connectivity index (χ1) is 3.12. The molecule has 0 spiro atoms. The van der Waals surface area contributed by atoms with Gasteiger partial charge in [-0.15, -0.1) is 0 Å². The van der Waals surface area contributed by atoms with Crippen molar-refractivity contribution in [3.8, 4) is 0 Å². The molecule has 0 heterocycles. The molecule has 0 aliphatic rings. The van der Waals surface area contributed by atoms with Crippen LogP contribution in [0.15, 0.2) is 0 Å². The van der Waals surface area contributed by atoms with E-state index in [0.717, 1.165) is 14.2 Å². The van der Waals surface area contributed by atoms with Gasteiger partial charge in [-0.25, -0.2) is 0 Å². The Kier molecular flexibility index (Phi) is 6.50. The molecule has 0 aromatic heterocycles. The summed E-state index contributed by atoms with van der Waals surface area (Å²) in [6.45, 7) is 0. The smallest absolute Gasteiger partial charge is 0.252 e. The van der Waals surface area contributed by atoms with Crippen molar-refractivity contribution in [1.29, 1.82) is 0 Å². The zero-order chi connectivity index (χ0) is 5.91. The summed E-state index contributed by atoms with van der Waals surface area (Å²) in [5.74, 6) is 0. The van der Waals surface area contributed by atoms with E-state index in [1.54, 1.807) is 0 Å². The van der Waals surface area contributed by atoms with Crippen LogP contribution in [0, 0.1) is 0 Å². The first-order valence-corrected chi connectivity index (χ1v) is 2.82. The van der Waals surface area contributed by atoms with Crippen molar-refractivity contribution in [2.45, 2.75) is 0 Å². The van der Waals surface area contributed by atoms with Gasteiger partial charge in [0, 0.05) is 23.9 Å². The quantitative estimate of drug-likeness (QED) is 0.594. The predicted molar refractivity (Wildman–Crippen MR) is 28.7 cm³/mol. The molecule has 0 N–H and O–H groups in total.